The van der Waals surface area contributed by atoms with Gasteiger partial charge in [0, 0.05) is 42.5 Å². The zero-order chi connectivity index (χ0) is 25.6. The van der Waals surface area contributed by atoms with Gasteiger partial charge >= 0.3 is 17.9 Å². The average Bonchev–Trinajstić information content (AvgIpc) is 2.69. The van der Waals surface area contributed by atoms with Crippen LogP contribution in [0.3, 0.4) is 0 Å². The molecular weight excluding hydrogens is 408 g/mol. The number of carbonyl (C=O) groups is 3. The summed E-state index contributed by atoms with van der Waals surface area (Å²) >= 11 is 0. The van der Waals surface area contributed by atoms with Crippen LogP contribution in [-0.4, -0.2) is 68.4 Å². The van der Waals surface area contributed by atoms with Gasteiger partial charge in [-0.3, -0.25) is 0 Å². The molecule has 0 rings (SSSR count). The maximum atomic E-state index is 9.60. The van der Waals surface area contributed by atoms with Crippen molar-refractivity contribution in [1.29, 1.82) is 0 Å². The second-order valence-corrected chi connectivity index (χ2v) is 7.06. The largest absolute Gasteiger partial charge is 0.478 e. The van der Waals surface area contributed by atoms with Crippen LogP contribution in [0.4, 0.5) is 0 Å². The highest BCUT2D eigenvalue weighted by Gasteiger charge is 2.05. The first kappa shape index (κ1) is 35.9. The number of rotatable bonds is 11. The van der Waals surface area contributed by atoms with Gasteiger partial charge in [0.1, 0.15) is 0 Å². The van der Waals surface area contributed by atoms with E-state index in [9.17, 15) is 14.4 Å². The van der Waals surface area contributed by atoms with Gasteiger partial charge in [0.25, 0.3) is 0 Å². The van der Waals surface area contributed by atoms with Crippen molar-refractivity contribution >= 4 is 17.9 Å². The summed E-state index contributed by atoms with van der Waals surface area (Å²) in [6.45, 7) is 16.2. The molecule has 0 aromatic carbocycles. The van der Waals surface area contributed by atoms with Crippen molar-refractivity contribution in [2.24, 2.45) is 11.8 Å². The molecule has 31 heavy (non-hydrogen) atoms. The third-order valence-electron chi connectivity index (χ3n) is 3.48. The van der Waals surface area contributed by atoms with E-state index >= 15 is 0 Å². The Kier molecular flexibility index (Phi) is 27.6. The van der Waals surface area contributed by atoms with Gasteiger partial charge in [-0.15, -0.1) is 0 Å². The van der Waals surface area contributed by atoms with Gasteiger partial charge in [0.2, 0.25) is 0 Å². The van der Waals surface area contributed by atoms with E-state index in [1.807, 2.05) is 6.92 Å². The Hall–Kier alpha value is -2.49. The Morgan fingerprint density at radius 2 is 0.903 bits per heavy atom. The van der Waals surface area contributed by atoms with Crippen molar-refractivity contribution in [2.45, 2.75) is 53.4 Å². The van der Waals surface area contributed by atoms with E-state index in [1.54, 1.807) is 0 Å². The predicted molar refractivity (Wildman–Crippen MR) is 120 cm³/mol. The SMILES string of the molecule is C=C(C)C(=O)O.C=C(C)C(=O)O.C=C(C)C(=O)O.CC(CO)CCCCC(CO)CO. The molecule has 0 saturated carbocycles. The molecule has 1 unspecified atom stereocenters. The van der Waals surface area contributed by atoms with Crippen LogP contribution >= 0.6 is 0 Å². The topological polar surface area (TPSA) is 173 Å². The second-order valence-electron chi connectivity index (χ2n) is 7.06. The van der Waals surface area contributed by atoms with Crippen molar-refractivity contribution in [1.82, 2.24) is 0 Å². The van der Waals surface area contributed by atoms with Crippen molar-refractivity contribution in [3.05, 3.63) is 36.5 Å². The molecule has 0 saturated heterocycles. The first-order chi connectivity index (χ1) is 14.2. The number of aliphatic hydroxyl groups excluding tert-OH is 3. The lowest BCUT2D eigenvalue weighted by atomic mass is 9.99. The van der Waals surface area contributed by atoms with Gasteiger partial charge in [-0.1, -0.05) is 39.5 Å². The molecule has 0 aliphatic carbocycles. The van der Waals surface area contributed by atoms with Crippen molar-refractivity contribution in [2.75, 3.05) is 19.8 Å². The second kappa shape index (κ2) is 23.8. The Morgan fingerprint density at radius 3 is 1.10 bits per heavy atom. The molecule has 0 radical (unpaired) electrons. The molecule has 0 aromatic heterocycles. The molecule has 0 heterocycles. The highest BCUT2D eigenvalue weighted by Crippen LogP contribution is 2.12. The summed E-state index contributed by atoms with van der Waals surface area (Å²) in [7, 11) is 0. The Balaban J connectivity index is -0.000000171. The third kappa shape index (κ3) is 35.3. The summed E-state index contributed by atoms with van der Waals surface area (Å²) < 4.78 is 0. The molecule has 0 spiro atoms. The van der Waals surface area contributed by atoms with Gasteiger partial charge in [0.15, 0.2) is 0 Å². The summed E-state index contributed by atoms with van der Waals surface area (Å²) in [4.78, 5) is 28.8. The Bertz CT molecular complexity index is 456. The van der Waals surface area contributed by atoms with Gasteiger partial charge in [-0.25, -0.2) is 14.4 Å². The van der Waals surface area contributed by atoms with Crippen LogP contribution in [0.25, 0.3) is 0 Å². The third-order valence-corrected chi connectivity index (χ3v) is 3.48. The predicted octanol–water partition coefficient (Wildman–Crippen LogP) is 2.72. The molecule has 0 bridgehead atoms. The van der Waals surface area contributed by atoms with E-state index in [0.29, 0.717) is 5.92 Å². The van der Waals surface area contributed by atoms with Crippen LogP contribution in [0.2, 0.25) is 0 Å². The van der Waals surface area contributed by atoms with Crippen LogP contribution < -0.4 is 0 Å². The molecule has 0 aliphatic rings. The number of hydrogen-bond acceptors (Lipinski definition) is 6. The number of carboxylic acid groups (broad SMARTS) is 3. The first-order valence-electron chi connectivity index (χ1n) is 9.66. The molecule has 6 N–H and O–H groups in total. The summed E-state index contributed by atoms with van der Waals surface area (Å²) in [5.41, 5.74) is 0.528. The molecular formula is C22H40O9. The number of hydrogen-bond donors (Lipinski definition) is 6. The normalized spacial score (nSPS) is 10.1. The lowest BCUT2D eigenvalue weighted by Crippen LogP contribution is -2.10. The number of aliphatic hydroxyl groups is 3. The first-order valence-corrected chi connectivity index (χ1v) is 9.66. The minimum absolute atomic E-state index is 0.0458. The van der Waals surface area contributed by atoms with Gasteiger partial charge in [-0.05, 0) is 39.5 Å². The molecule has 0 fully saturated rings. The van der Waals surface area contributed by atoms with Crippen LogP contribution in [0.5, 0.6) is 0 Å². The van der Waals surface area contributed by atoms with E-state index in [4.69, 9.17) is 30.6 Å². The highest BCUT2D eigenvalue weighted by atomic mass is 16.4. The number of carboxylic acids is 3. The van der Waals surface area contributed by atoms with Crippen LogP contribution in [0.1, 0.15) is 53.4 Å². The molecule has 9 nitrogen and oxygen atoms in total. The van der Waals surface area contributed by atoms with Gasteiger partial charge in [-0.2, -0.15) is 0 Å². The lowest BCUT2D eigenvalue weighted by molar-refractivity contribution is -0.133. The van der Waals surface area contributed by atoms with Gasteiger partial charge < -0.3 is 30.6 Å². The minimum atomic E-state index is -0.935. The molecule has 1 atom stereocenters. The summed E-state index contributed by atoms with van der Waals surface area (Å²) in [5, 5.41) is 50.0. The molecule has 182 valence electrons. The summed E-state index contributed by atoms with van der Waals surface area (Å²) in [6, 6.07) is 0. The summed E-state index contributed by atoms with van der Waals surface area (Å²) in [6.07, 6.45) is 4.00. The highest BCUT2D eigenvalue weighted by molar-refractivity contribution is 5.85. The lowest BCUT2D eigenvalue weighted by Gasteiger charge is -2.11. The fraction of sp³-hybridized carbons (Fsp3) is 0.591. The number of unbranched alkanes of at least 4 members (excludes halogenated alkanes) is 1. The average molecular weight is 449 g/mol. The van der Waals surface area contributed by atoms with Crippen molar-refractivity contribution in [3.8, 4) is 0 Å². The van der Waals surface area contributed by atoms with E-state index in [1.165, 1.54) is 20.8 Å². The maximum absolute atomic E-state index is 9.60. The van der Waals surface area contributed by atoms with Crippen LogP contribution in [-0.2, 0) is 14.4 Å². The minimum Gasteiger partial charge on any atom is -0.478 e. The van der Waals surface area contributed by atoms with Crippen LogP contribution in [0.15, 0.2) is 36.5 Å². The fourth-order valence-electron chi connectivity index (χ4n) is 1.26. The standard InChI is InChI=1S/C10H22O3.3C4H6O2/c1-9(6-11)4-2-3-5-10(7-12)8-13;3*1-3(2)4(5)6/h9-13H,2-8H2,1H3;3*1H2,2H3,(H,5,6). The van der Waals surface area contributed by atoms with E-state index in [0.717, 1.165) is 25.7 Å². The molecule has 0 amide bonds. The number of aliphatic carboxylic acids is 3. The van der Waals surface area contributed by atoms with Crippen LogP contribution in [0, 0.1) is 11.8 Å². The van der Waals surface area contributed by atoms with Crippen molar-refractivity contribution < 1.29 is 45.0 Å². The Morgan fingerprint density at radius 1 is 0.645 bits per heavy atom. The quantitative estimate of drug-likeness (QED) is 0.205. The molecule has 9 heteroatoms. The van der Waals surface area contributed by atoms with E-state index < -0.39 is 17.9 Å². The smallest absolute Gasteiger partial charge is 0.330 e. The van der Waals surface area contributed by atoms with E-state index in [-0.39, 0.29) is 42.5 Å². The monoisotopic (exact) mass is 448 g/mol. The van der Waals surface area contributed by atoms with Gasteiger partial charge in [0.05, 0.1) is 0 Å². The zero-order valence-electron chi connectivity index (χ0n) is 19.1. The summed E-state index contributed by atoms with van der Waals surface area (Å²) in [5.74, 6) is -2.38. The fourth-order valence-corrected chi connectivity index (χ4v) is 1.26. The molecule has 0 aromatic rings. The molecule has 0 aliphatic heterocycles. The van der Waals surface area contributed by atoms with Crippen molar-refractivity contribution in [3.63, 3.8) is 0 Å². The van der Waals surface area contributed by atoms with E-state index in [2.05, 4.69) is 19.7 Å². The Labute approximate surface area is 185 Å². The zero-order valence-corrected chi connectivity index (χ0v) is 19.1. The maximum Gasteiger partial charge on any atom is 0.330 e.